The zero-order valence-electron chi connectivity index (χ0n) is 13.0. The van der Waals surface area contributed by atoms with Gasteiger partial charge >= 0.3 is 5.97 Å². The third-order valence-corrected chi connectivity index (χ3v) is 3.21. The highest BCUT2D eigenvalue weighted by molar-refractivity contribution is 5.96. The molecule has 6 heteroatoms. The van der Waals surface area contributed by atoms with Gasteiger partial charge in [-0.2, -0.15) is 0 Å². The molecule has 0 atom stereocenters. The van der Waals surface area contributed by atoms with E-state index in [-0.39, 0.29) is 24.5 Å². The zero-order chi connectivity index (χ0) is 16.8. The SMILES string of the molecule is COc1ccc(C(=O)CCCC(=O)NC(C)(C)C(=O)O)cc1. The van der Waals surface area contributed by atoms with E-state index >= 15 is 0 Å². The second-order valence-corrected chi connectivity index (χ2v) is 5.48. The molecule has 1 aromatic carbocycles. The van der Waals surface area contributed by atoms with Gasteiger partial charge in [0.25, 0.3) is 0 Å². The van der Waals surface area contributed by atoms with Crippen molar-refractivity contribution in [1.82, 2.24) is 5.32 Å². The van der Waals surface area contributed by atoms with Gasteiger partial charge in [-0.15, -0.1) is 0 Å². The van der Waals surface area contributed by atoms with E-state index in [2.05, 4.69) is 5.32 Å². The van der Waals surface area contributed by atoms with E-state index in [1.165, 1.54) is 13.8 Å². The molecular weight excluding hydrogens is 286 g/mol. The summed E-state index contributed by atoms with van der Waals surface area (Å²) in [5.41, 5.74) is -0.746. The van der Waals surface area contributed by atoms with Gasteiger partial charge in [-0.05, 0) is 44.5 Å². The molecule has 6 nitrogen and oxygen atoms in total. The first-order valence-electron chi connectivity index (χ1n) is 6.98. The Hall–Kier alpha value is -2.37. The molecule has 0 aromatic heterocycles. The summed E-state index contributed by atoms with van der Waals surface area (Å²) >= 11 is 0. The van der Waals surface area contributed by atoms with Crippen LogP contribution >= 0.6 is 0 Å². The number of benzene rings is 1. The Balaban J connectivity index is 2.41. The lowest BCUT2D eigenvalue weighted by molar-refractivity contribution is -0.146. The number of methoxy groups -OCH3 is 1. The molecule has 120 valence electrons. The lowest BCUT2D eigenvalue weighted by Crippen LogP contribution is -2.49. The van der Waals surface area contributed by atoms with Crippen molar-refractivity contribution < 1.29 is 24.2 Å². The number of nitrogens with one attached hydrogen (secondary N) is 1. The molecule has 0 radical (unpaired) electrons. The topological polar surface area (TPSA) is 92.7 Å². The van der Waals surface area contributed by atoms with E-state index in [0.717, 1.165) is 0 Å². The molecule has 0 unspecified atom stereocenters. The van der Waals surface area contributed by atoms with Crippen LogP contribution in [0.3, 0.4) is 0 Å². The molecule has 0 aliphatic carbocycles. The quantitative estimate of drug-likeness (QED) is 0.717. The fraction of sp³-hybridized carbons (Fsp3) is 0.438. The number of carboxylic acids is 1. The smallest absolute Gasteiger partial charge is 0.328 e. The highest BCUT2D eigenvalue weighted by atomic mass is 16.5. The van der Waals surface area contributed by atoms with Crippen LogP contribution in [-0.4, -0.2) is 35.4 Å². The maximum Gasteiger partial charge on any atom is 0.328 e. The molecule has 2 N–H and O–H groups in total. The molecule has 0 heterocycles. The molecule has 0 aliphatic rings. The van der Waals surface area contributed by atoms with E-state index in [1.54, 1.807) is 31.4 Å². The van der Waals surface area contributed by atoms with Crippen LogP contribution in [-0.2, 0) is 9.59 Å². The second kappa shape index (κ2) is 7.59. The average molecular weight is 307 g/mol. The van der Waals surface area contributed by atoms with Gasteiger partial charge in [-0.1, -0.05) is 0 Å². The molecule has 1 rings (SSSR count). The van der Waals surface area contributed by atoms with E-state index in [9.17, 15) is 14.4 Å². The van der Waals surface area contributed by atoms with Crippen LogP contribution in [0.4, 0.5) is 0 Å². The van der Waals surface area contributed by atoms with Crippen molar-refractivity contribution in [2.45, 2.75) is 38.6 Å². The first-order chi connectivity index (χ1) is 10.3. The summed E-state index contributed by atoms with van der Waals surface area (Å²) in [5, 5.41) is 11.3. The molecule has 0 aliphatic heterocycles. The predicted octanol–water partition coefficient (Wildman–Crippen LogP) is 2.03. The van der Waals surface area contributed by atoms with Crippen LogP contribution in [0.1, 0.15) is 43.5 Å². The number of amides is 1. The van der Waals surface area contributed by atoms with E-state index < -0.39 is 11.5 Å². The van der Waals surface area contributed by atoms with Gasteiger partial charge in [0, 0.05) is 18.4 Å². The summed E-state index contributed by atoms with van der Waals surface area (Å²) in [6, 6.07) is 6.76. The molecule has 0 spiro atoms. The van der Waals surface area contributed by atoms with Crippen LogP contribution in [0, 0.1) is 0 Å². The average Bonchev–Trinajstić information content (AvgIpc) is 2.46. The third-order valence-electron chi connectivity index (χ3n) is 3.21. The minimum Gasteiger partial charge on any atom is -0.497 e. The second-order valence-electron chi connectivity index (χ2n) is 5.48. The zero-order valence-corrected chi connectivity index (χ0v) is 13.0. The molecule has 0 saturated heterocycles. The summed E-state index contributed by atoms with van der Waals surface area (Å²) in [4.78, 5) is 34.5. The van der Waals surface area contributed by atoms with Gasteiger partial charge in [0.05, 0.1) is 7.11 Å². The lowest BCUT2D eigenvalue weighted by atomic mass is 10.0. The van der Waals surface area contributed by atoms with Gasteiger partial charge in [0.1, 0.15) is 11.3 Å². The number of hydrogen-bond acceptors (Lipinski definition) is 4. The number of Topliss-reactive ketones (excluding diaryl/α,β-unsaturated/α-hetero) is 1. The van der Waals surface area contributed by atoms with Gasteiger partial charge in [0.2, 0.25) is 5.91 Å². The summed E-state index contributed by atoms with van der Waals surface area (Å²) in [7, 11) is 1.55. The number of aliphatic carboxylic acids is 1. The molecule has 0 saturated carbocycles. The molecule has 1 aromatic rings. The first kappa shape index (κ1) is 17.7. The Morgan fingerprint density at radius 2 is 1.73 bits per heavy atom. The lowest BCUT2D eigenvalue weighted by Gasteiger charge is -2.20. The third kappa shape index (κ3) is 5.20. The Morgan fingerprint density at radius 1 is 1.14 bits per heavy atom. The van der Waals surface area contributed by atoms with E-state index in [4.69, 9.17) is 9.84 Å². The maximum absolute atomic E-state index is 12.0. The van der Waals surface area contributed by atoms with Crippen LogP contribution in [0.2, 0.25) is 0 Å². The van der Waals surface area contributed by atoms with Gasteiger partial charge < -0.3 is 15.2 Å². The van der Waals surface area contributed by atoms with Crippen LogP contribution < -0.4 is 10.1 Å². The predicted molar refractivity (Wildman–Crippen MR) is 81.0 cm³/mol. The Labute approximate surface area is 129 Å². The van der Waals surface area contributed by atoms with Crippen molar-refractivity contribution in [2.75, 3.05) is 7.11 Å². The fourth-order valence-electron chi connectivity index (χ4n) is 1.80. The molecule has 0 fully saturated rings. The van der Waals surface area contributed by atoms with Crippen molar-refractivity contribution in [3.05, 3.63) is 29.8 Å². The molecule has 0 bridgehead atoms. The van der Waals surface area contributed by atoms with E-state index in [1.807, 2.05) is 0 Å². The molecular formula is C16H21NO5. The molecule has 22 heavy (non-hydrogen) atoms. The highest BCUT2D eigenvalue weighted by Crippen LogP contribution is 2.14. The van der Waals surface area contributed by atoms with Crippen molar-refractivity contribution >= 4 is 17.7 Å². The maximum atomic E-state index is 12.0. The number of ketones is 1. The number of carbonyl (C=O) groups is 3. The standard InChI is InChI=1S/C16H21NO5/c1-16(2,15(20)21)17-14(19)6-4-5-13(18)11-7-9-12(22-3)10-8-11/h7-10H,4-6H2,1-3H3,(H,17,19)(H,20,21). The first-order valence-corrected chi connectivity index (χ1v) is 6.98. The van der Waals surface area contributed by atoms with Gasteiger partial charge in [-0.25, -0.2) is 4.79 Å². The van der Waals surface area contributed by atoms with Crippen molar-refractivity contribution in [1.29, 1.82) is 0 Å². The summed E-state index contributed by atoms with van der Waals surface area (Å²) < 4.78 is 5.02. The summed E-state index contributed by atoms with van der Waals surface area (Å²) in [6.07, 6.45) is 0.707. The minimum atomic E-state index is -1.31. The van der Waals surface area contributed by atoms with Crippen molar-refractivity contribution in [2.24, 2.45) is 0 Å². The Kier molecular flexibility index (Phi) is 6.10. The fourth-order valence-corrected chi connectivity index (χ4v) is 1.80. The van der Waals surface area contributed by atoms with Crippen molar-refractivity contribution in [3.63, 3.8) is 0 Å². The number of carboxylic acid groups (broad SMARTS) is 1. The van der Waals surface area contributed by atoms with Crippen LogP contribution in [0.15, 0.2) is 24.3 Å². The number of ether oxygens (including phenoxy) is 1. The normalized spacial score (nSPS) is 10.9. The highest BCUT2D eigenvalue weighted by Gasteiger charge is 2.28. The van der Waals surface area contributed by atoms with Gasteiger partial charge in [0.15, 0.2) is 5.78 Å². The monoisotopic (exact) mass is 307 g/mol. The summed E-state index contributed by atoms with van der Waals surface area (Å²) in [5.74, 6) is -0.870. The molecule has 1 amide bonds. The van der Waals surface area contributed by atoms with Gasteiger partial charge in [-0.3, -0.25) is 9.59 Å². The largest absolute Gasteiger partial charge is 0.497 e. The van der Waals surface area contributed by atoms with Crippen molar-refractivity contribution in [3.8, 4) is 5.75 Å². The van der Waals surface area contributed by atoms with Crippen LogP contribution in [0.5, 0.6) is 5.75 Å². The Bertz CT molecular complexity index is 548. The minimum absolute atomic E-state index is 0.0621. The number of carbonyl (C=O) groups excluding carboxylic acids is 2. The summed E-state index contributed by atoms with van der Waals surface area (Å²) in [6.45, 7) is 2.82. The number of hydrogen-bond donors (Lipinski definition) is 2. The van der Waals surface area contributed by atoms with Crippen LogP contribution in [0.25, 0.3) is 0 Å². The Morgan fingerprint density at radius 3 is 2.23 bits per heavy atom. The number of rotatable bonds is 8. The van der Waals surface area contributed by atoms with E-state index in [0.29, 0.717) is 17.7 Å².